The van der Waals surface area contributed by atoms with Crippen LogP contribution in [0.15, 0.2) is 83.8 Å². The number of carboxylic acid groups (broad SMARTS) is 1. The number of ether oxygens (including phenoxy) is 3. The smallest absolute Gasteiger partial charge is 0.870 e. The van der Waals surface area contributed by atoms with Gasteiger partial charge in [0.25, 0.3) is 0 Å². The van der Waals surface area contributed by atoms with E-state index < -0.39 is 40.2 Å². The number of carbonyl (C=O) groups excluding carboxylic acids is 3. The third-order valence-electron chi connectivity index (χ3n) is 11.4. The van der Waals surface area contributed by atoms with Gasteiger partial charge in [0, 0.05) is 71.3 Å². The number of aromatic nitrogens is 2. The molecular weight excluding hydrogens is 1330 g/mol. The molecule has 2 aromatic heterocycles. The van der Waals surface area contributed by atoms with Crippen LogP contribution in [0.3, 0.4) is 0 Å². The molecule has 0 fully saturated rings. The van der Waals surface area contributed by atoms with Crippen LogP contribution >= 0.6 is 82.6 Å². The quantitative estimate of drug-likeness (QED) is 0.0452. The second-order valence-electron chi connectivity index (χ2n) is 15.9. The molecule has 0 radical (unpaired) electrons. The van der Waals surface area contributed by atoms with Crippen LogP contribution in [-0.4, -0.2) is 78.7 Å². The van der Waals surface area contributed by atoms with Gasteiger partial charge in [0.1, 0.15) is 23.1 Å². The number of benzene rings is 4. The van der Waals surface area contributed by atoms with Crippen molar-refractivity contribution >= 4 is 117 Å². The van der Waals surface area contributed by atoms with Gasteiger partial charge in [0.15, 0.2) is 10.3 Å². The molecule has 71 heavy (non-hydrogen) atoms. The Bertz CT molecular complexity index is 2840. The van der Waals surface area contributed by atoms with Gasteiger partial charge >= 0.3 is 95.7 Å². The van der Waals surface area contributed by atoms with Crippen molar-refractivity contribution < 1.29 is 76.5 Å². The fraction of sp³-hybridized carbons (Fsp3) is 0.277. The van der Waals surface area contributed by atoms with Crippen molar-refractivity contribution in [3.05, 3.63) is 129 Å². The summed E-state index contributed by atoms with van der Waals surface area (Å²) in [6, 6.07) is 15.9. The number of rotatable bonds is 12. The van der Waals surface area contributed by atoms with Gasteiger partial charge in [0.05, 0.1) is 32.5 Å². The van der Waals surface area contributed by atoms with Crippen LogP contribution in [0, 0.1) is 11.6 Å². The van der Waals surface area contributed by atoms with Gasteiger partial charge in [-0.3, -0.25) is 9.59 Å². The molecule has 2 aliphatic heterocycles. The summed E-state index contributed by atoms with van der Waals surface area (Å²) in [5, 5.41) is 26.6. The minimum absolute atomic E-state index is 0. The summed E-state index contributed by atoms with van der Waals surface area (Å²) in [6.45, 7) is 5.33. The van der Waals surface area contributed by atoms with Crippen molar-refractivity contribution in [2.24, 2.45) is 0 Å². The van der Waals surface area contributed by atoms with Gasteiger partial charge in [-0.25, -0.2) is 28.3 Å². The van der Waals surface area contributed by atoms with Gasteiger partial charge < -0.3 is 46.1 Å². The number of carboxylic acids is 1. The number of amides is 2. The molecule has 6 N–H and O–H groups in total. The molecule has 4 aromatic carbocycles. The molecule has 0 aliphatic carbocycles. The second-order valence-corrected chi connectivity index (χ2v) is 53.1. The SMILES string of the molecule is COC(=O)c1cc(-c2cc3c(cc2OC)CCN[C@]3(C)CC(=O)Nc2nccs2)ccc1F.COc1cc2c(cc1-c1ccc(F)c(C(=O)O)c1)[C@@](C)(CC(=O)Nc1nccs1)NCC2.[I][V]([I])[I].[Li+].[OH-]. The zero-order valence-corrected chi connectivity index (χ0v) is 48.6. The van der Waals surface area contributed by atoms with Crippen LogP contribution in [0.1, 0.15) is 69.7 Å². The number of esters is 1. The van der Waals surface area contributed by atoms with Crippen molar-refractivity contribution in [3.8, 4) is 33.8 Å². The molecule has 24 heteroatoms. The first kappa shape index (κ1) is 60.3. The number of methoxy groups -OCH3 is 3. The third kappa shape index (κ3) is 15.4. The predicted octanol–water partition coefficient (Wildman–Crippen LogP) is 7.66. The summed E-state index contributed by atoms with van der Waals surface area (Å²) >= 11 is 10.1. The van der Waals surface area contributed by atoms with E-state index in [2.05, 4.69) is 91.2 Å². The topological polar surface area (TPSA) is 220 Å². The standard InChI is InChI=1S/C24H24FN3O4S.C23H22FN3O4S.3HI.Li.H2O.V/c1-24(13-21(29)28-23-26-8-9-33-23)18-12-16(20(31-2)11-15(18)6-7-27-24)14-4-5-19(25)17(10-14)22(30)32-3;1-23(12-20(28)27-22-25-7-8-32-22)17-11-15(19(31-2)10-14(17)5-6-26-23)13-3-4-18(24)16(9-13)21(29)30;;;;;;/h4-5,8-12,27H,6-7,13H2,1-3H3,(H,26,28,29);3-4,7-11,26H,5-6,12H2,1-2H3,(H,29,30)(H,25,27,28);3*1H;;1H2;/q;;;;;+1;;+3/p-4/t24-;23-;;;;;;/m11....../s1. The molecule has 2 atom stereocenters. The maximum absolute atomic E-state index is 14.2. The average Bonchev–Trinajstić information content (AvgIpc) is 4.03. The van der Waals surface area contributed by atoms with E-state index in [1.165, 1.54) is 61.2 Å². The molecule has 0 unspecified atom stereocenters. The number of aromatic carboxylic acids is 1. The molecule has 2 amide bonds. The molecule has 372 valence electrons. The Balaban J connectivity index is 0.000000280. The monoisotopic (exact) mass is 1380 g/mol. The number of carbonyl (C=O) groups is 4. The van der Waals surface area contributed by atoms with Crippen LogP contribution in [0.4, 0.5) is 19.0 Å². The number of thiazole rings is 2. The number of halogens is 5. The maximum atomic E-state index is 14.2. The van der Waals surface area contributed by atoms with Gasteiger partial charge in [-0.2, -0.15) is 0 Å². The predicted molar refractivity (Wildman–Crippen MR) is 288 cm³/mol. The van der Waals surface area contributed by atoms with E-state index in [1.54, 1.807) is 36.3 Å². The van der Waals surface area contributed by atoms with Crippen molar-refractivity contribution in [1.82, 2.24) is 20.6 Å². The molecule has 4 heterocycles. The van der Waals surface area contributed by atoms with Crippen LogP contribution in [-0.2, 0) is 43.2 Å². The summed E-state index contributed by atoms with van der Waals surface area (Å²) in [5.74, 6) is -2.72. The van der Waals surface area contributed by atoms with Crippen LogP contribution < -0.4 is 49.6 Å². The Morgan fingerprint density at radius 3 is 1.49 bits per heavy atom. The van der Waals surface area contributed by atoms with Gasteiger partial charge in [-0.05, 0) is 109 Å². The number of fused-ring (bicyclic) bond motifs is 2. The summed E-state index contributed by atoms with van der Waals surface area (Å²) in [5.41, 5.74) is 4.54. The number of nitrogens with one attached hydrogen (secondary N) is 4. The van der Waals surface area contributed by atoms with E-state index in [4.69, 9.17) is 14.2 Å². The number of nitrogens with zero attached hydrogens (tertiary/aromatic N) is 2. The molecule has 2 aliphatic rings. The molecule has 0 saturated heterocycles. The third-order valence-corrected chi connectivity index (χ3v) is 12.8. The summed E-state index contributed by atoms with van der Waals surface area (Å²) < 4.78 is 44.1. The molecule has 15 nitrogen and oxygen atoms in total. The van der Waals surface area contributed by atoms with Crippen LogP contribution in [0.5, 0.6) is 11.5 Å². The number of hydrogen-bond donors (Lipinski definition) is 5. The Labute approximate surface area is 467 Å². The molecule has 0 spiro atoms. The zero-order chi connectivity index (χ0) is 50.0. The molecule has 0 saturated carbocycles. The van der Waals surface area contributed by atoms with Gasteiger partial charge in [0.2, 0.25) is 11.8 Å². The largest absolute Gasteiger partial charge is 1.00 e. The normalized spacial score (nSPS) is 16.4. The molecule has 6 aromatic rings. The first-order valence-electron chi connectivity index (χ1n) is 20.9. The van der Waals surface area contributed by atoms with Crippen molar-refractivity contribution in [2.75, 3.05) is 45.1 Å². The fourth-order valence-electron chi connectivity index (χ4n) is 8.28. The first-order chi connectivity index (χ1) is 32.9. The minimum Gasteiger partial charge on any atom is -0.870 e. The molecule has 8 rings (SSSR count). The van der Waals surface area contributed by atoms with Gasteiger partial charge in [-0.15, -0.1) is 22.7 Å². The van der Waals surface area contributed by atoms with E-state index in [-0.39, 0.29) is 59.5 Å². The number of anilines is 2. The Morgan fingerprint density at radius 1 is 0.718 bits per heavy atom. The number of hydrogen-bond acceptors (Lipinski definition) is 14. The fourth-order valence-corrected chi connectivity index (χ4v) is 9.37. The summed E-state index contributed by atoms with van der Waals surface area (Å²) in [7, 11) is 4.31. The minimum atomic E-state index is -1.34. The summed E-state index contributed by atoms with van der Waals surface area (Å²) in [6.07, 6.45) is 5.16. The average molecular weight is 1380 g/mol. The van der Waals surface area contributed by atoms with E-state index in [0.717, 1.165) is 41.2 Å². The van der Waals surface area contributed by atoms with Crippen LogP contribution in [0.25, 0.3) is 22.3 Å². The summed E-state index contributed by atoms with van der Waals surface area (Å²) in [4.78, 5) is 56.8. The molecule has 0 bridgehead atoms. The van der Waals surface area contributed by atoms with Crippen LogP contribution in [0.2, 0.25) is 0 Å². The van der Waals surface area contributed by atoms with E-state index >= 15 is 0 Å². The maximum Gasteiger partial charge on any atom is 1.00 e. The Kier molecular flexibility index (Phi) is 23.2. The van der Waals surface area contributed by atoms with E-state index in [1.807, 2.05) is 38.1 Å². The van der Waals surface area contributed by atoms with Gasteiger partial charge in [-0.1, -0.05) is 12.1 Å². The molecular formula is C47H47F2I3LiN6O9S2V. The zero-order valence-electron chi connectivity index (χ0n) is 39.1. The Morgan fingerprint density at radius 2 is 1.13 bits per heavy atom. The van der Waals surface area contributed by atoms with E-state index in [9.17, 15) is 33.1 Å². The van der Waals surface area contributed by atoms with E-state index in [0.29, 0.717) is 57.1 Å². The van der Waals surface area contributed by atoms with Crippen molar-refractivity contribution in [3.63, 3.8) is 0 Å². The van der Waals surface area contributed by atoms with Crippen molar-refractivity contribution in [2.45, 2.75) is 50.6 Å². The first-order valence-corrected chi connectivity index (χ1v) is 36.2. The van der Waals surface area contributed by atoms with Crippen molar-refractivity contribution in [1.29, 1.82) is 0 Å². The second kappa shape index (κ2) is 27.3. The Hall–Kier alpha value is -3.27.